The van der Waals surface area contributed by atoms with E-state index in [1.807, 2.05) is 60.7 Å². The van der Waals surface area contributed by atoms with E-state index in [-0.39, 0.29) is 24.5 Å². The molecule has 0 aliphatic heterocycles. The van der Waals surface area contributed by atoms with Gasteiger partial charge in [0.1, 0.15) is 5.82 Å². The average Bonchev–Trinajstić information content (AvgIpc) is 3.17. The molecule has 1 amide bonds. The van der Waals surface area contributed by atoms with Gasteiger partial charge in [-0.05, 0) is 36.4 Å². The first kappa shape index (κ1) is 19.1. The monoisotopic (exact) mass is 447 g/mol. The third-order valence-electron chi connectivity index (χ3n) is 4.59. The van der Waals surface area contributed by atoms with E-state index in [1.165, 1.54) is 0 Å². The largest absolute Gasteiger partial charge is 0.338 e. The summed E-state index contributed by atoms with van der Waals surface area (Å²) in [5.74, 6) is 0.422. The van der Waals surface area contributed by atoms with Crippen LogP contribution < -0.4 is 5.32 Å². The van der Waals surface area contributed by atoms with Gasteiger partial charge < -0.3 is 10.3 Å². The van der Waals surface area contributed by atoms with Crippen molar-refractivity contribution in [3.8, 4) is 11.4 Å². The van der Waals surface area contributed by atoms with Crippen LogP contribution in [0.3, 0.4) is 0 Å². The lowest BCUT2D eigenvalue weighted by Gasteiger charge is -2.09. The molecular formula is C23H18BrN3O2. The molecule has 5 nitrogen and oxygen atoms in total. The molecule has 1 aromatic heterocycles. The molecule has 4 aromatic rings. The highest BCUT2D eigenvalue weighted by Crippen LogP contribution is 2.27. The van der Waals surface area contributed by atoms with Gasteiger partial charge in [-0.15, -0.1) is 0 Å². The number of amides is 1. The van der Waals surface area contributed by atoms with Crippen molar-refractivity contribution in [2.45, 2.75) is 12.8 Å². The van der Waals surface area contributed by atoms with Gasteiger partial charge in [0.15, 0.2) is 5.78 Å². The van der Waals surface area contributed by atoms with Crippen molar-refractivity contribution in [3.63, 3.8) is 0 Å². The zero-order valence-corrected chi connectivity index (χ0v) is 17.1. The summed E-state index contributed by atoms with van der Waals surface area (Å²) in [7, 11) is 0. The van der Waals surface area contributed by atoms with E-state index in [0.717, 1.165) is 21.1 Å². The molecule has 0 fully saturated rings. The van der Waals surface area contributed by atoms with Crippen LogP contribution in [0, 0.1) is 0 Å². The highest BCUT2D eigenvalue weighted by molar-refractivity contribution is 9.10. The molecule has 0 unspecified atom stereocenters. The number of benzene rings is 3. The molecule has 4 rings (SSSR count). The van der Waals surface area contributed by atoms with Crippen LogP contribution in [0.2, 0.25) is 0 Å². The lowest BCUT2D eigenvalue weighted by atomic mass is 10.1. The highest BCUT2D eigenvalue weighted by Gasteiger charge is 2.13. The minimum absolute atomic E-state index is 0.0572. The number of rotatable bonds is 6. The Labute approximate surface area is 176 Å². The van der Waals surface area contributed by atoms with Crippen LogP contribution in [0.1, 0.15) is 23.2 Å². The van der Waals surface area contributed by atoms with E-state index in [1.54, 1.807) is 12.1 Å². The predicted octanol–water partition coefficient (Wildman–Crippen LogP) is 5.59. The van der Waals surface area contributed by atoms with Gasteiger partial charge in [-0.1, -0.05) is 52.3 Å². The van der Waals surface area contributed by atoms with Crippen molar-refractivity contribution in [2.24, 2.45) is 0 Å². The summed E-state index contributed by atoms with van der Waals surface area (Å²) in [6, 6.07) is 22.4. The van der Waals surface area contributed by atoms with Gasteiger partial charge in [-0.2, -0.15) is 0 Å². The third kappa shape index (κ3) is 4.43. The average molecular weight is 448 g/mol. The maximum atomic E-state index is 12.5. The predicted molar refractivity (Wildman–Crippen MR) is 118 cm³/mol. The molecule has 0 saturated carbocycles. The van der Waals surface area contributed by atoms with Gasteiger partial charge in [0.05, 0.1) is 16.7 Å². The Morgan fingerprint density at radius 3 is 2.41 bits per heavy atom. The Morgan fingerprint density at radius 1 is 0.897 bits per heavy atom. The van der Waals surface area contributed by atoms with E-state index < -0.39 is 0 Å². The number of Topliss-reactive ketones (excluding diaryl/α,β-unsaturated/α-hetero) is 1. The second kappa shape index (κ2) is 8.41. The van der Waals surface area contributed by atoms with Gasteiger partial charge in [0.25, 0.3) is 0 Å². The minimum atomic E-state index is -0.209. The fraction of sp³-hybridized carbons (Fsp3) is 0.0870. The summed E-state index contributed by atoms with van der Waals surface area (Å²) in [6.45, 7) is 0. The smallest absolute Gasteiger partial charge is 0.224 e. The van der Waals surface area contributed by atoms with Crippen molar-refractivity contribution in [2.75, 3.05) is 5.32 Å². The number of hydrogen-bond acceptors (Lipinski definition) is 3. The topological polar surface area (TPSA) is 74.8 Å². The standard InChI is InChI=1S/C23H18BrN3O2/c24-16-11-9-15(10-12-16)21(28)13-14-22(29)25-18-6-2-1-5-17(18)23-26-19-7-3-4-8-20(19)27-23/h1-12H,13-14H2,(H,25,29)(H,26,27). The van der Waals surface area contributed by atoms with Crippen LogP contribution in [0.25, 0.3) is 22.4 Å². The number of anilines is 1. The molecule has 3 aromatic carbocycles. The molecular weight excluding hydrogens is 430 g/mol. The van der Waals surface area contributed by atoms with Crippen molar-refractivity contribution in [3.05, 3.63) is 82.8 Å². The SMILES string of the molecule is O=C(CCC(=O)c1ccc(Br)cc1)Nc1ccccc1-c1nc2ccccc2[nH]1. The number of para-hydroxylation sites is 3. The van der Waals surface area contributed by atoms with E-state index in [0.29, 0.717) is 17.1 Å². The van der Waals surface area contributed by atoms with Crippen LogP contribution in [0.4, 0.5) is 5.69 Å². The van der Waals surface area contributed by atoms with Crippen LogP contribution in [-0.2, 0) is 4.79 Å². The fourth-order valence-electron chi connectivity index (χ4n) is 3.10. The molecule has 29 heavy (non-hydrogen) atoms. The number of carbonyl (C=O) groups excluding carboxylic acids is 2. The van der Waals surface area contributed by atoms with Gasteiger partial charge >= 0.3 is 0 Å². The zero-order chi connectivity index (χ0) is 20.2. The summed E-state index contributed by atoms with van der Waals surface area (Å²) in [5, 5.41) is 2.91. The first-order chi connectivity index (χ1) is 14.1. The van der Waals surface area contributed by atoms with Crippen LogP contribution in [0.5, 0.6) is 0 Å². The van der Waals surface area contributed by atoms with Crippen molar-refractivity contribution in [1.29, 1.82) is 0 Å². The zero-order valence-electron chi connectivity index (χ0n) is 15.5. The van der Waals surface area contributed by atoms with Gasteiger partial charge in [-0.25, -0.2) is 4.98 Å². The highest BCUT2D eigenvalue weighted by atomic mass is 79.9. The van der Waals surface area contributed by atoms with E-state index >= 15 is 0 Å². The Balaban J connectivity index is 1.46. The second-order valence-electron chi connectivity index (χ2n) is 6.63. The minimum Gasteiger partial charge on any atom is -0.338 e. The molecule has 0 atom stereocenters. The molecule has 0 aliphatic rings. The number of halogens is 1. The first-order valence-electron chi connectivity index (χ1n) is 9.23. The van der Waals surface area contributed by atoms with Gasteiger partial charge in [0.2, 0.25) is 5.91 Å². The molecule has 144 valence electrons. The summed E-state index contributed by atoms with van der Waals surface area (Å²) in [4.78, 5) is 32.6. The lowest BCUT2D eigenvalue weighted by Crippen LogP contribution is -2.14. The number of nitrogens with zero attached hydrogens (tertiary/aromatic N) is 1. The molecule has 0 aliphatic carbocycles. The van der Waals surface area contributed by atoms with Crippen LogP contribution in [0.15, 0.2) is 77.3 Å². The number of hydrogen-bond donors (Lipinski definition) is 2. The number of nitrogens with one attached hydrogen (secondary N) is 2. The Kier molecular flexibility index (Phi) is 5.53. The van der Waals surface area contributed by atoms with E-state index in [2.05, 4.69) is 31.2 Å². The third-order valence-corrected chi connectivity index (χ3v) is 5.12. The Morgan fingerprint density at radius 2 is 1.62 bits per heavy atom. The number of imidazole rings is 1. The maximum absolute atomic E-state index is 12.5. The number of fused-ring (bicyclic) bond motifs is 1. The number of carbonyl (C=O) groups is 2. The molecule has 0 radical (unpaired) electrons. The number of aromatic amines is 1. The fourth-order valence-corrected chi connectivity index (χ4v) is 3.36. The molecule has 2 N–H and O–H groups in total. The van der Waals surface area contributed by atoms with Gasteiger partial charge in [-0.3, -0.25) is 9.59 Å². The summed E-state index contributed by atoms with van der Waals surface area (Å²) < 4.78 is 0.911. The number of ketones is 1. The van der Waals surface area contributed by atoms with E-state index in [9.17, 15) is 9.59 Å². The molecule has 0 spiro atoms. The molecule has 6 heteroatoms. The van der Waals surface area contributed by atoms with Crippen LogP contribution in [-0.4, -0.2) is 21.7 Å². The van der Waals surface area contributed by atoms with Crippen molar-refractivity contribution in [1.82, 2.24) is 9.97 Å². The Bertz CT molecular complexity index is 1150. The van der Waals surface area contributed by atoms with Crippen molar-refractivity contribution >= 4 is 44.3 Å². The summed E-state index contributed by atoms with van der Waals surface area (Å²) >= 11 is 3.35. The Hall–Kier alpha value is -3.25. The molecule has 1 heterocycles. The second-order valence-corrected chi connectivity index (χ2v) is 7.54. The summed E-state index contributed by atoms with van der Waals surface area (Å²) in [5.41, 5.74) is 3.86. The maximum Gasteiger partial charge on any atom is 0.224 e. The normalized spacial score (nSPS) is 10.8. The van der Waals surface area contributed by atoms with E-state index in [4.69, 9.17) is 0 Å². The number of aromatic nitrogens is 2. The summed E-state index contributed by atoms with van der Waals surface area (Å²) in [6.07, 6.45) is 0.267. The van der Waals surface area contributed by atoms with Crippen LogP contribution >= 0.6 is 15.9 Å². The first-order valence-corrected chi connectivity index (χ1v) is 10.0. The number of H-pyrrole nitrogens is 1. The molecule has 0 saturated heterocycles. The lowest BCUT2D eigenvalue weighted by molar-refractivity contribution is -0.116. The van der Waals surface area contributed by atoms with Gasteiger partial charge in [0, 0.05) is 28.4 Å². The van der Waals surface area contributed by atoms with Crippen molar-refractivity contribution < 1.29 is 9.59 Å². The quantitative estimate of drug-likeness (QED) is 0.378. The molecule has 0 bridgehead atoms.